The van der Waals surface area contributed by atoms with Crippen molar-refractivity contribution in [1.29, 1.82) is 5.26 Å². The van der Waals surface area contributed by atoms with Gasteiger partial charge in [0.25, 0.3) is 0 Å². The Morgan fingerprint density at radius 3 is 2.49 bits per heavy atom. The van der Waals surface area contributed by atoms with Crippen LogP contribution in [0, 0.1) is 23.2 Å². The summed E-state index contributed by atoms with van der Waals surface area (Å²) in [6.07, 6.45) is 5.30. The number of carbonyl (C=O) groups is 2. The fourth-order valence-electron chi connectivity index (χ4n) is 5.21. The van der Waals surface area contributed by atoms with Crippen LogP contribution in [0.5, 0.6) is 0 Å². The lowest BCUT2D eigenvalue weighted by atomic mass is 9.82. The molecule has 1 fully saturated rings. The van der Waals surface area contributed by atoms with E-state index in [1.165, 1.54) is 4.52 Å². The molecule has 5 rings (SSSR count). The van der Waals surface area contributed by atoms with Crippen molar-refractivity contribution in [2.24, 2.45) is 11.8 Å². The second-order valence-corrected chi connectivity index (χ2v) is 10.7. The fraction of sp³-hybridized carbons (Fsp3) is 0.414. The third-order valence-electron chi connectivity index (χ3n) is 7.48. The average Bonchev–Trinajstić information content (AvgIpc) is 3.60. The van der Waals surface area contributed by atoms with E-state index >= 15 is 0 Å². The summed E-state index contributed by atoms with van der Waals surface area (Å²) in [7, 11) is 0. The van der Waals surface area contributed by atoms with Gasteiger partial charge in [-0.25, -0.2) is 9.48 Å². The van der Waals surface area contributed by atoms with E-state index in [1.807, 2.05) is 44.2 Å². The standard InChI is InChI=1S/C29H33N9O3/c1-5-41-29(40)22-16-36(35-27(22)37(17(2)3)28(39)20-8-6-18(4)7-9-20)21-12-10-19(11-13-21)23-14-25-33-32-24(15-30)26(31)38(25)34-23/h10-14,16-18,20H,5-9,31H2,1-4H3/t18-,20-. The molecular formula is C29H33N9O3. The number of fused-ring (bicyclic) bond motifs is 1. The van der Waals surface area contributed by atoms with E-state index in [2.05, 4.69) is 22.2 Å². The van der Waals surface area contributed by atoms with Crippen LogP contribution in [-0.2, 0) is 9.53 Å². The number of nitrogens with zero attached hydrogens (tertiary/aromatic N) is 8. The van der Waals surface area contributed by atoms with Crippen molar-refractivity contribution >= 4 is 29.2 Å². The van der Waals surface area contributed by atoms with Gasteiger partial charge in [-0.05, 0) is 64.5 Å². The van der Waals surface area contributed by atoms with Crippen LogP contribution >= 0.6 is 0 Å². The number of anilines is 2. The maximum absolute atomic E-state index is 13.7. The van der Waals surface area contributed by atoms with Crippen LogP contribution in [0.2, 0.25) is 0 Å². The maximum atomic E-state index is 13.7. The first kappa shape index (κ1) is 27.8. The lowest BCUT2D eigenvalue weighted by Crippen LogP contribution is -2.43. The van der Waals surface area contributed by atoms with Crippen molar-refractivity contribution < 1.29 is 14.3 Å². The lowest BCUT2D eigenvalue weighted by Gasteiger charge is -2.32. The summed E-state index contributed by atoms with van der Waals surface area (Å²) in [4.78, 5) is 28.4. The van der Waals surface area contributed by atoms with E-state index < -0.39 is 5.97 Å². The molecule has 3 aromatic heterocycles. The Labute approximate surface area is 237 Å². The Balaban J connectivity index is 1.49. The third kappa shape index (κ3) is 5.35. The molecule has 12 nitrogen and oxygen atoms in total. The highest BCUT2D eigenvalue weighted by molar-refractivity contribution is 6.02. The predicted octanol–water partition coefficient (Wildman–Crippen LogP) is 4.18. The van der Waals surface area contributed by atoms with Crippen molar-refractivity contribution in [1.82, 2.24) is 29.6 Å². The van der Waals surface area contributed by atoms with E-state index in [0.29, 0.717) is 28.8 Å². The summed E-state index contributed by atoms with van der Waals surface area (Å²) in [5, 5.41) is 26.2. The second kappa shape index (κ2) is 11.4. The highest BCUT2D eigenvalue weighted by atomic mass is 16.5. The Morgan fingerprint density at radius 2 is 1.85 bits per heavy atom. The maximum Gasteiger partial charge on any atom is 0.343 e. The molecule has 0 atom stereocenters. The minimum Gasteiger partial charge on any atom is -0.462 e. The smallest absolute Gasteiger partial charge is 0.343 e. The van der Waals surface area contributed by atoms with E-state index in [1.54, 1.807) is 28.8 Å². The van der Waals surface area contributed by atoms with Crippen molar-refractivity contribution in [3.05, 3.63) is 47.8 Å². The van der Waals surface area contributed by atoms with Gasteiger partial charge in [0.15, 0.2) is 17.3 Å². The summed E-state index contributed by atoms with van der Waals surface area (Å²) in [5.74, 6) is 0.399. The monoisotopic (exact) mass is 555 g/mol. The molecule has 212 valence electrons. The fourth-order valence-corrected chi connectivity index (χ4v) is 5.21. The van der Waals surface area contributed by atoms with E-state index in [-0.39, 0.29) is 41.5 Å². The summed E-state index contributed by atoms with van der Waals surface area (Å²) in [6.45, 7) is 8.03. The first-order valence-corrected chi connectivity index (χ1v) is 13.8. The normalized spacial score (nSPS) is 17.0. The van der Waals surface area contributed by atoms with Gasteiger partial charge in [-0.3, -0.25) is 9.69 Å². The van der Waals surface area contributed by atoms with E-state index in [0.717, 1.165) is 31.2 Å². The molecule has 1 aliphatic rings. The molecule has 0 bridgehead atoms. The minimum atomic E-state index is -0.527. The van der Waals surface area contributed by atoms with Crippen LogP contribution in [0.4, 0.5) is 11.6 Å². The number of carbonyl (C=O) groups excluding carboxylic acids is 2. The van der Waals surface area contributed by atoms with Crippen LogP contribution in [0.25, 0.3) is 22.6 Å². The molecule has 3 heterocycles. The van der Waals surface area contributed by atoms with Crippen molar-refractivity contribution in [3.63, 3.8) is 0 Å². The zero-order valence-corrected chi connectivity index (χ0v) is 23.6. The Hall–Kier alpha value is -4.79. The Bertz CT molecular complexity index is 1620. The number of nitrogen functional groups attached to an aromatic ring is 1. The molecule has 1 saturated carbocycles. The molecule has 12 heteroatoms. The minimum absolute atomic E-state index is 0.00126. The summed E-state index contributed by atoms with van der Waals surface area (Å²) in [6, 6.07) is 10.8. The van der Waals surface area contributed by atoms with Crippen LogP contribution in [0.15, 0.2) is 36.5 Å². The second-order valence-electron chi connectivity index (χ2n) is 10.7. The molecule has 0 aliphatic heterocycles. The van der Waals surface area contributed by atoms with Gasteiger partial charge in [0.05, 0.1) is 18.0 Å². The highest BCUT2D eigenvalue weighted by Crippen LogP contribution is 2.33. The van der Waals surface area contributed by atoms with E-state index in [4.69, 9.17) is 20.8 Å². The molecule has 0 radical (unpaired) electrons. The molecule has 1 aliphatic carbocycles. The molecule has 2 N–H and O–H groups in total. The lowest BCUT2D eigenvalue weighted by molar-refractivity contribution is -0.124. The molecule has 4 aromatic rings. The number of nitriles is 1. The number of rotatable bonds is 7. The number of nitrogens with two attached hydrogens (primary N) is 1. The summed E-state index contributed by atoms with van der Waals surface area (Å²) >= 11 is 0. The molecule has 1 amide bonds. The first-order chi connectivity index (χ1) is 19.7. The van der Waals surface area contributed by atoms with Gasteiger partial charge < -0.3 is 10.5 Å². The van der Waals surface area contributed by atoms with Gasteiger partial charge >= 0.3 is 5.97 Å². The molecule has 1 aromatic carbocycles. The van der Waals surface area contributed by atoms with Crippen LogP contribution in [0.1, 0.15) is 69.4 Å². The molecule has 0 unspecified atom stereocenters. The topological polar surface area (TPSA) is 157 Å². The predicted molar refractivity (Wildman–Crippen MR) is 152 cm³/mol. The number of aromatic nitrogens is 6. The van der Waals surface area contributed by atoms with Crippen LogP contribution in [0.3, 0.4) is 0 Å². The van der Waals surface area contributed by atoms with Gasteiger partial charge in [-0.1, -0.05) is 19.1 Å². The largest absolute Gasteiger partial charge is 0.462 e. The van der Waals surface area contributed by atoms with Crippen molar-refractivity contribution in [2.45, 2.75) is 59.4 Å². The van der Waals surface area contributed by atoms with Gasteiger partial charge in [-0.2, -0.15) is 14.9 Å². The molecular weight excluding hydrogens is 522 g/mol. The van der Waals surface area contributed by atoms with Crippen molar-refractivity contribution in [2.75, 3.05) is 17.2 Å². The highest BCUT2D eigenvalue weighted by Gasteiger charge is 2.34. The Kier molecular flexibility index (Phi) is 7.70. The zero-order chi connectivity index (χ0) is 29.3. The van der Waals surface area contributed by atoms with Crippen LogP contribution < -0.4 is 10.6 Å². The molecule has 41 heavy (non-hydrogen) atoms. The summed E-state index contributed by atoms with van der Waals surface area (Å²) in [5.41, 5.74) is 8.72. The average molecular weight is 556 g/mol. The van der Waals surface area contributed by atoms with Gasteiger partial charge in [0.2, 0.25) is 11.6 Å². The van der Waals surface area contributed by atoms with Gasteiger partial charge in [-0.15, -0.1) is 15.3 Å². The summed E-state index contributed by atoms with van der Waals surface area (Å²) < 4.78 is 8.30. The molecule has 0 spiro atoms. The van der Waals surface area contributed by atoms with Crippen molar-refractivity contribution in [3.8, 4) is 23.0 Å². The number of ether oxygens (including phenoxy) is 1. The number of hydrogen-bond acceptors (Lipinski definition) is 9. The first-order valence-electron chi connectivity index (χ1n) is 13.8. The van der Waals surface area contributed by atoms with E-state index in [9.17, 15) is 9.59 Å². The third-order valence-corrected chi connectivity index (χ3v) is 7.48. The Morgan fingerprint density at radius 1 is 1.15 bits per heavy atom. The van der Waals surface area contributed by atoms with Crippen LogP contribution in [-0.4, -0.2) is 54.1 Å². The number of esters is 1. The molecule has 0 saturated heterocycles. The number of hydrogen-bond donors (Lipinski definition) is 1. The number of benzene rings is 1. The SMILES string of the molecule is CCOC(=O)c1cn(-c2ccc(-c3cc4nnc(C#N)c(N)n4n3)cc2)nc1N(C(=O)[C@H]1CC[C@H](C)CC1)C(C)C. The van der Waals surface area contributed by atoms with Gasteiger partial charge in [0.1, 0.15) is 11.6 Å². The quantitative estimate of drug-likeness (QED) is 0.330. The zero-order valence-electron chi connectivity index (χ0n) is 23.6. The number of amides is 1. The van der Waals surface area contributed by atoms with Gasteiger partial charge in [0, 0.05) is 29.8 Å².